The molecule has 7 atom stereocenters. The van der Waals surface area contributed by atoms with E-state index in [0.29, 0.717) is 19.3 Å². The Kier molecular flexibility index (Phi) is 4.64. The molecule has 0 aromatic rings. The Morgan fingerprint density at radius 2 is 1.83 bits per heavy atom. The van der Waals surface area contributed by atoms with E-state index in [1.165, 1.54) is 7.11 Å². The van der Waals surface area contributed by atoms with Gasteiger partial charge in [0.1, 0.15) is 11.9 Å². The first-order valence-electron chi connectivity index (χ1n) is 8.13. The van der Waals surface area contributed by atoms with Gasteiger partial charge in [-0.2, -0.15) is 0 Å². The van der Waals surface area contributed by atoms with Gasteiger partial charge in [0.15, 0.2) is 5.76 Å². The summed E-state index contributed by atoms with van der Waals surface area (Å²) in [7, 11) is 1.52. The topological polar surface area (TPSA) is 116 Å². The maximum atomic E-state index is 12.4. The molecule has 0 aromatic heterocycles. The minimum Gasteiger partial charge on any atom is -0.502 e. The number of hydrogen-bond donors (Lipinski definition) is 4. The summed E-state index contributed by atoms with van der Waals surface area (Å²) in [6.45, 7) is 0. The third kappa shape index (κ3) is 2.98. The fourth-order valence-electron chi connectivity index (χ4n) is 4.04. The highest BCUT2D eigenvalue weighted by atomic mass is 16.5. The lowest BCUT2D eigenvalue weighted by molar-refractivity contribution is -0.149. The zero-order valence-electron chi connectivity index (χ0n) is 13.1. The number of fused-ring (bicyclic) bond motifs is 1. The van der Waals surface area contributed by atoms with Gasteiger partial charge in [-0.15, -0.1) is 0 Å². The Hall–Kier alpha value is -1.15. The largest absolute Gasteiger partial charge is 0.502 e. The van der Waals surface area contributed by atoms with Gasteiger partial charge in [0.2, 0.25) is 5.78 Å². The number of methoxy groups -OCH3 is 1. The van der Waals surface area contributed by atoms with Crippen molar-refractivity contribution in [1.82, 2.24) is 0 Å². The molecule has 7 nitrogen and oxygen atoms in total. The van der Waals surface area contributed by atoms with Gasteiger partial charge in [0, 0.05) is 25.9 Å². The van der Waals surface area contributed by atoms with Crippen LogP contribution in [0, 0.1) is 11.8 Å². The van der Waals surface area contributed by atoms with Gasteiger partial charge in [-0.3, -0.25) is 4.79 Å². The first-order chi connectivity index (χ1) is 10.9. The summed E-state index contributed by atoms with van der Waals surface area (Å²) >= 11 is 0. The third-order valence-corrected chi connectivity index (χ3v) is 5.31. The van der Waals surface area contributed by atoms with E-state index in [9.17, 15) is 25.2 Å². The summed E-state index contributed by atoms with van der Waals surface area (Å²) in [4.78, 5) is 12.4. The number of Topliss-reactive ketones (excluding diaryl/α,β-unsaturated/α-hetero) is 1. The second kappa shape index (κ2) is 6.39. The molecule has 0 saturated heterocycles. The molecule has 3 rings (SSSR count). The molecule has 0 bridgehead atoms. The van der Waals surface area contributed by atoms with E-state index in [1.54, 1.807) is 0 Å². The molecule has 0 amide bonds. The van der Waals surface area contributed by atoms with Crippen molar-refractivity contribution >= 4 is 5.78 Å². The molecular formula is C16H24O7. The number of carbonyl (C=O) groups is 1. The number of carbonyl (C=O) groups excluding carboxylic acids is 1. The first-order valence-corrected chi connectivity index (χ1v) is 8.13. The van der Waals surface area contributed by atoms with E-state index >= 15 is 0 Å². The van der Waals surface area contributed by atoms with Crippen LogP contribution in [0.25, 0.3) is 0 Å². The molecule has 3 aliphatic rings. The Morgan fingerprint density at radius 3 is 2.52 bits per heavy atom. The second-order valence-corrected chi connectivity index (χ2v) is 6.80. The number of ketones is 1. The lowest BCUT2D eigenvalue weighted by Crippen LogP contribution is -2.51. The summed E-state index contributed by atoms with van der Waals surface area (Å²) in [6, 6.07) is 0. The number of hydrogen-bond acceptors (Lipinski definition) is 7. The van der Waals surface area contributed by atoms with Crippen molar-refractivity contribution in [2.45, 2.75) is 62.6 Å². The van der Waals surface area contributed by atoms with Crippen LogP contribution in [0.2, 0.25) is 0 Å². The van der Waals surface area contributed by atoms with E-state index in [1.807, 2.05) is 0 Å². The molecule has 130 valence electrons. The van der Waals surface area contributed by atoms with Gasteiger partial charge in [-0.1, -0.05) is 0 Å². The van der Waals surface area contributed by atoms with Crippen molar-refractivity contribution in [3.05, 3.63) is 11.5 Å². The highest BCUT2D eigenvalue weighted by molar-refractivity contribution is 5.97. The summed E-state index contributed by atoms with van der Waals surface area (Å²) in [5, 5.41) is 40.0. The lowest BCUT2D eigenvalue weighted by atomic mass is 9.76. The number of aliphatic hydroxyl groups excluding tert-OH is 4. The minimum absolute atomic E-state index is 0.111. The molecule has 1 heterocycles. The predicted molar refractivity (Wildman–Crippen MR) is 78.4 cm³/mol. The molecule has 7 unspecified atom stereocenters. The van der Waals surface area contributed by atoms with Gasteiger partial charge in [0.25, 0.3) is 0 Å². The summed E-state index contributed by atoms with van der Waals surface area (Å²) in [6.07, 6.45) is -1.40. The molecule has 0 spiro atoms. The van der Waals surface area contributed by atoms with Crippen LogP contribution < -0.4 is 0 Å². The molecule has 2 aliphatic carbocycles. The highest BCUT2D eigenvalue weighted by Gasteiger charge is 2.49. The molecule has 7 heteroatoms. The molecule has 0 aromatic carbocycles. The summed E-state index contributed by atoms with van der Waals surface area (Å²) in [5.41, 5.74) is 0. The van der Waals surface area contributed by atoms with Gasteiger partial charge in [0.05, 0.1) is 30.3 Å². The number of ether oxygens (including phenoxy) is 2. The number of aliphatic hydroxyl groups is 4. The highest BCUT2D eigenvalue weighted by Crippen LogP contribution is 2.41. The van der Waals surface area contributed by atoms with Crippen LogP contribution in [0.15, 0.2) is 11.5 Å². The van der Waals surface area contributed by atoms with E-state index in [2.05, 4.69) is 0 Å². The van der Waals surface area contributed by atoms with Gasteiger partial charge < -0.3 is 29.9 Å². The minimum atomic E-state index is -1.01. The Morgan fingerprint density at radius 1 is 1.09 bits per heavy atom. The average molecular weight is 328 g/mol. The standard InChI is InChI=1S/C16H24O7/c1-22-11-4-7(2-3-9(11)18)16-15(21)14(20)13-10(19)5-8(17)6-12(13)23-16/h7-13,17-19,21H,2-6H2,1H3. The predicted octanol–water partition coefficient (Wildman–Crippen LogP) is 0.0317. The van der Waals surface area contributed by atoms with Crippen molar-refractivity contribution in [2.75, 3.05) is 7.11 Å². The molecule has 0 radical (unpaired) electrons. The van der Waals surface area contributed by atoms with Crippen molar-refractivity contribution < 1.29 is 34.7 Å². The van der Waals surface area contributed by atoms with Crippen molar-refractivity contribution in [3.63, 3.8) is 0 Å². The zero-order chi connectivity index (χ0) is 16.7. The fraction of sp³-hybridized carbons (Fsp3) is 0.812. The maximum absolute atomic E-state index is 12.4. The van der Waals surface area contributed by atoms with Gasteiger partial charge >= 0.3 is 0 Å². The molecule has 4 N–H and O–H groups in total. The van der Waals surface area contributed by atoms with Crippen LogP contribution >= 0.6 is 0 Å². The Balaban J connectivity index is 1.83. The summed E-state index contributed by atoms with van der Waals surface area (Å²) in [5.74, 6) is -1.78. The molecule has 2 fully saturated rings. The van der Waals surface area contributed by atoms with E-state index in [-0.39, 0.29) is 30.6 Å². The number of allylic oxidation sites excluding steroid dienone is 2. The molecule has 1 aliphatic heterocycles. The molecule has 2 saturated carbocycles. The smallest absolute Gasteiger partial charge is 0.210 e. The van der Waals surface area contributed by atoms with E-state index in [4.69, 9.17) is 9.47 Å². The van der Waals surface area contributed by atoms with Crippen LogP contribution in [0.3, 0.4) is 0 Å². The molecular weight excluding hydrogens is 304 g/mol. The van der Waals surface area contributed by atoms with E-state index < -0.39 is 41.9 Å². The van der Waals surface area contributed by atoms with Crippen LogP contribution in [0.5, 0.6) is 0 Å². The number of rotatable bonds is 2. The SMILES string of the molecule is COC1CC(C2=C(O)C(=O)C3C(O)CC(O)CC3O2)CCC1O. The van der Waals surface area contributed by atoms with Crippen LogP contribution in [0.1, 0.15) is 32.1 Å². The molecule has 23 heavy (non-hydrogen) atoms. The monoisotopic (exact) mass is 328 g/mol. The first kappa shape index (κ1) is 16.7. The van der Waals surface area contributed by atoms with Gasteiger partial charge in [-0.25, -0.2) is 0 Å². The van der Waals surface area contributed by atoms with Crippen molar-refractivity contribution in [3.8, 4) is 0 Å². The average Bonchev–Trinajstić information content (AvgIpc) is 2.50. The van der Waals surface area contributed by atoms with Crippen LogP contribution in [0.4, 0.5) is 0 Å². The maximum Gasteiger partial charge on any atom is 0.210 e. The Labute approximate surface area is 134 Å². The third-order valence-electron chi connectivity index (χ3n) is 5.31. The quantitative estimate of drug-likeness (QED) is 0.565. The van der Waals surface area contributed by atoms with Gasteiger partial charge in [-0.05, 0) is 19.3 Å². The zero-order valence-corrected chi connectivity index (χ0v) is 13.1. The van der Waals surface area contributed by atoms with Crippen LogP contribution in [-0.4, -0.2) is 63.8 Å². The normalized spacial score (nSPS) is 44.7. The Bertz CT molecular complexity index is 503. The summed E-state index contributed by atoms with van der Waals surface area (Å²) < 4.78 is 11.1. The second-order valence-electron chi connectivity index (χ2n) is 6.80. The van der Waals surface area contributed by atoms with Crippen LogP contribution in [-0.2, 0) is 14.3 Å². The fourth-order valence-corrected chi connectivity index (χ4v) is 4.04. The lowest BCUT2D eigenvalue weighted by Gasteiger charge is -2.42. The van der Waals surface area contributed by atoms with Crippen molar-refractivity contribution in [1.29, 1.82) is 0 Å². The van der Waals surface area contributed by atoms with E-state index in [0.717, 1.165) is 0 Å². The van der Waals surface area contributed by atoms with Crippen molar-refractivity contribution in [2.24, 2.45) is 11.8 Å².